The zero-order valence-corrected chi connectivity index (χ0v) is 17.0. The maximum Gasteiger partial charge on any atom is 0.313 e. The van der Waals surface area contributed by atoms with E-state index in [0.717, 1.165) is 25.7 Å². The van der Waals surface area contributed by atoms with E-state index in [1.54, 1.807) is 6.92 Å². The normalized spacial score (nSPS) is 15.7. The van der Waals surface area contributed by atoms with E-state index in [1.165, 1.54) is 18.2 Å². The van der Waals surface area contributed by atoms with Crippen molar-refractivity contribution >= 4 is 23.6 Å². The number of ether oxygens (including phenoxy) is 1. The van der Waals surface area contributed by atoms with Crippen molar-refractivity contribution in [2.75, 3.05) is 12.4 Å². The van der Waals surface area contributed by atoms with Crippen molar-refractivity contribution in [3.63, 3.8) is 0 Å². The van der Waals surface area contributed by atoms with Crippen LogP contribution in [0.5, 0.6) is 0 Å². The molecule has 1 N–H and O–H groups in total. The quantitative estimate of drug-likeness (QED) is 0.576. The van der Waals surface area contributed by atoms with Crippen molar-refractivity contribution in [3.05, 3.63) is 5.82 Å². The topological polar surface area (TPSA) is 86.1 Å². The molecule has 0 radical (unpaired) electrons. The summed E-state index contributed by atoms with van der Waals surface area (Å²) in [5.74, 6) is 0.586. The Morgan fingerprint density at radius 3 is 2.54 bits per heavy atom. The van der Waals surface area contributed by atoms with Gasteiger partial charge in [-0.15, -0.1) is 10.2 Å². The molecule has 8 heteroatoms. The number of nitrogens with zero attached hydrogens (tertiary/aromatic N) is 3. The lowest BCUT2D eigenvalue weighted by Gasteiger charge is -2.25. The highest BCUT2D eigenvalue weighted by Crippen LogP contribution is 2.32. The Labute approximate surface area is 159 Å². The molecule has 0 unspecified atom stereocenters. The molecule has 0 saturated heterocycles. The summed E-state index contributed by atoms with van der Waals surface area (Å²) in [6.45, 7) is 8.01. The lowest BCUT2D eigenvalue weighted by molar-refractivity contribution is -0.142. The number of hydrogen-bond acceptors (Lipinski definition) is 6. The molecule has 1 heterocycles. The number of amides is 1. The number of carbonyl (C=O) groups excluding carboxylic acids is 2. The monoisotopic (exact) mass is 382 g/mol. The van der Waals surface area contributed by atoms with E-state index in [4.69, 9.17) is 4.74 Å². The van der Waals surface area contributed by atoms with Gasteiger partial charge in [-0.05, 0) is 40.5 Å². The number of esters is 1. The van der Waals surface area contributed by atoms with Crippen molar-refractivity contribution < 1.29 is 14.3 Å². The fourth-order valence-corrected chi connectivity index (χ4v) is 3.98. The molecule has 146 valence electrons. The summed E-state index contributed by atoms with van der Waals surface area (Å²) in [6, 6.07) is 0.288. The van der Waals surface area contributed by atoms with Gasteiger partial charge in [-0.25, -0.2) is 0 Å². The molecule has 0 aliphatic heterocycles. The SMILES string of the molecule is CCOC(=O)Cc1nnc(SCC(=O)NC(C)(C)C)n1C1CCCCC1. The van der Waals surface area contributed by atoms with Crippen LogP contribution >= 0.6 is 11.8 Å². The van der Waals surface area contributed by atoms with Crippen LogP contribution in [-0.2, 0) is 20.7 Å². The molecule has 1 amide bonds. The van der Waals surface area contributed by atoms with Gasteiger partial charge in [-0.1, -0.05) is 31.0 Å². The van der Waals surface area contributed by atoms with Crippen LogP contribution in [0.15, 0.2) is 5.16 Å². The van der Waals surface area contributed by atoms with Gasteiger partial charge < -0.3 is 14.6 Å². The Bertz CT molecular complexity index is 618. The molecule has 1 fully saturated rings. The summed E-state index contributed by atoms with van der Waals surface area (Å²) in [5.41, 5.74) is -0.260. The molecule has 1 aromatic heterocycles. The Balaban J connectivity index is 2.12. The molecule has 1 saturated carbocycles. The highest BCUT2D eigenvalue weighted by Gasteiger charge is 2.25. The van der Waals surface area contributed by atoms with Crippen LogP contribution in [0.4, 0.5) is 0 Å². The Kier molecular flexibility index (Phi) is 7.49. The average molecular weight is 383 g/mol. The molecule has 0 atom stereocenters. The first kappa shape index (κ1) is 20.7. The second-order valence-electron chi connectivity index (χ2n) is 7.63. The van der Waals surface area contributed by atoms with Gasteiger partial charge in [0.1, 0.15) is 12.2 Å². The van der Waals surface area contributed by atoms with E-state index in [1.807, 2.05) is 20.8 Å². The third-order valence-corrected chi connectivity index (χ3v) is 5.07. The van der Waals surface area contributed by atoms with Gasteiger partial charge in [-0.3, -0.25) is 9.59 Å². The zero-order chi connectivity index (χ0) is 19.2. The summed E-state index contributed by atoms with van der Waals surface area (Å²) in [4.78, 5) is 24.0. The van der Waals surface area contributed by atoms with Crippen LogP contribution in [0.25, 0.3) is 0 Å². The molecular weight excluding hydrogens is 352 g/mol. The Morgan fingerprint density at radius 1 is 1.23 bits per heavy atom. The van der Waals surface area contributed by atoms with E-state index in [0.29, 0.717) is 17.6 Å². The second kappa shape index (κ2) is 9.39. The summed E-state index contributed by atoms with van der Waals surface area (Å²) in [5, 5.41) is 12.1. The van der Waals surface area contributed by atoms with Gasteiger partial charge in [0.05, 0.1) is 12.4 Å². The minimum atomic E-state index is -0.293. The smallest absolute Gasteiger partial charge is 0.313 e. The molecule has 1 aliphatic rings. The molecule has 26 heavy (non-hydrogen) atoms. The average Bonchev–Trinajstić information content (AvgIpc) is 2.95. The summed E-state index contributed by atoms with van der Waals surface area (Å²) in [7, 11) is 0. The highest BCUT2D eigenvalue weighted by molar-refractivity contribution is 7.99. The van der Waals surface area contributed by atoms with E-state index >= 15 is 0 Å². The fraction of sp³-hybridized carbons (Fsp3) is 0.778. The van der Waals surface area contributed by atoms with Crippen LogP contribution in [0.3, 0.4) is 0 Å². The molecule has 0 spiro atoms. The lowest BCUT2D eigenvalue weighted by Crippen LogP contribution is -2.41. The summed E-state index contributed by atoms with van der Waals surface area (Å²) in [6.07, 6.45) is 5.78. The van der Waals surface area contributed by atoms with Gasteiger partial charge in [0.15, 0.2) is 5.16 Å². The minimum Gasteiger partial charge on any atom is -0.466 e. The van der Waals surface area contributed by atoms with Crippen molar-refractivity contribution in [1.29, 1.82) is 0 Å². The van der Waals surface area contributed by atoms with Crippen LogP contribution in [0.2, 0.25) is 0 Å². The number of nitrogens with one attached hydrogen (secondary N) is 1. The third kappa shape index (κ3) is 6.30. The number of rotatable bonds is 7. The molecule has 1 aromatic rings. The fourth-order valence-electron chi connectivity index (χ4n) is 3.16. The molecular formula is C18H30N4O3S. The van der Waals surface area contributed by atoms with Crippen molar-refractivity contribution in [1.82, 2.24) is 20.1 Å². The number of carbonyl (C=O) groups is 2. The molecule has 0 aromatic carbocycles. The first-order valence-electron chi connectivity index (χ1n) is 9.33. The predicted molar refractivity (Wildman–Crippen MR) is 101 cm³/mol. The number of hydrogen-bond donors (Lipinski definition) is 1. The van der Waals surface area contributed by atoms with Crippen LogP contribution in [-0.4, -0.2) is 44.5 Å². The molecule has 1 aliphatic carbocycles. The molecule has 2 rings (SSSR count). The van der Waals surface area contributed by atoms with Crippen molar-refractivity contribution in [2.24, 2.45) is 0 Å². The van der Waals surface area contributed by atoms with Crippen LogP contribution < -0.4 is 5.32 Å². The maximum absolute atomic E-state index is 12.1. The Morgan fingerprint density at radius 2 is 1.92 bits per heavy atom. The standard InChI is InChI=1S/C18H30N4O3S/c1-5-25-16(24)11-14-20-21-17(22(14)13-9-7-6-8-10-13)26-12-15(23)19-18(2,3)4/h13H,5-12H2,1-4H3,(H,19,23). The lowest BCUT2D eigenvalue weighted by atomic mass is 9.95. The minimum absolute atomic E-state index is 0.0346. The van der Waals surface area contributed by atoms with Crippen LogP contribution in [0, 0.1) is 0 Å². The first-order chi connectivity index (χ1) is 12.3. The first-order valence-corrected chi connectivity index (χ1v) is 10.3. The van der Waals surface area contributed by atoms with Gasteiger partial charge in [-0.2, -0.15) is 0 Å². The maximum atomic E-state index is 12.1. The van der Waals surface area contributed by atoms with Gasteiger partial charge in [0.25, 0.3) is 0 Å². The summed E-state index contributed by atoms with van der Waals surface area (Å²) >= 11 is 1.38. The highest BCUT2D eigenvalue weighted by atomic mass is 32.2. The van der Waals surface area contributed by atoms with Crippen LogP contribution in [0.1, 0.15) is 71.7 Å². The zero-order valence-electron chi connectivity index (χ0n) is 16.2. The Hall–Kier alpha value is -1.57. The third-order valence-electron chi connectivity index (χ3n) is 4.13. The van der Waals surface area contributed by atoms with E-state index in [2.05, 4.69) is 20.1 Å². The second-order valence-corrected chi connectivity index (χ2v) is 8.57. The van der Waals surface area contributed by atoms with E-state index in [9.17, 15) is 9.59 Å². The predicted octanol–water partition coefficient (Wildman–Crippen LogP) is 2.90. The van der Waals surface area contributed by atoms with Crippen molar-refractivity contribution in [3.8, 4) is 0 Å². The van der Waals surface area contributed by atoms with E-state index < -0.39 is 0 Å². The van der Waals surface area contributed by atoms with Crippen molar-refractivity contribution in [2.45, 2.75) is 83.0 Å². The van der Waals surface area contributed by atoms with E-state index in [-0.39, 0.29) is 35.6 Å². The molecule has 0 bridgehead atoms. The van der Waals surface area contributed by atoms with Gasteiger partial charge in [0.2, 0.25) is 5.91 Å². The van der Waals surface area contributed by atoms with Gasteiger partial charge in [0, 0.05) is 11.6 Å². The summed E-state index contributed by atoms with van der Waals surface area (Å²) < 4.78 is 7.12. The largest absolute Gasteiger partial charge is 0.466 e. The number of thioether (sulfide) groups is 1. The van der Waals surface area contributed by atoms with Gasteiger partial charge >= 0.3 is 5.97 Å². The molecule has 7 nitrogen and oxygen atoms in total. The number of aromatic nitrogens is 3.